The summed E-state index contributed by atoms with van der Waals surface area (Å²) >= 11 is 0. The summed E-state index contributed by atoms with van der Waals surface area (Å²) in [5.41, 5.74) is 0.692. The molecule has 0 nitrogen and oxygen atoms in total. The second-order valence-corrected chi connectivity index (χ2v) is 2.84. The van der Waals surface area contributed by atoms with E-state index < -0.39 is 11.6 Å². The quantitative estimate of drug-likeness (QED) is 0.623. The fourth-order valence-electron chi connectivity index (χ4n) is 0.815. The number of aryl methyl sites for hydroxylation is 1. The topological polar surface area (TPSA) is 0 Å². The SMILES string of the molecule is CCC.CCc1cc(F)cc(F)c1. The van der Waals surface area contributed by atoms with Crippen LogP contribution in [0.2, 0.25) is 0 Å². The van der Waals surface area contributed by atoms with Crippen LogP contribution < -0.4 is 0 Å². The van der Waals surface area contributed by atoms with Crippen LogP contribution in [0.5, 0.6) is 0 Å². The summed E-state index contributed by atoms with van der Waals surface area (Å²) in [5.74, 6) is -1.01. The van der Waals surface area contributed by atoms with E-state index in [1.165, 1.54) is 18.6 Å². The van der Waals surface area contributed by atoms with Crippen molar-refractivity contribution in [1.29, 1.82) is 0 Å². The molecule has 74 valence electrons. The van der Waals surface area contributed by atoms with Crippen molar-refractivity contribution in [1.82, 2.24) is 0 Å². The molecule has 0 N–H and O–H groups in total. The highest BCUT2D eigenvalue weighted by Gasteiger charge is 1.96. The number of hydrogen-bond donors (Lipinski definition) is 0. The van der Waals surface area contributed by atoms with Crippen LogP contribution in [-0.2, 0) is 6.42 Å². The predicted octanol–water partition coefficient (Wildman–Crippen LogP) is 3.94. The molecule has 1 rings (SSSR count). The second-order valence-electron chi connectivity index (χ2n) is 2.84. The maximum atomic E-state index is 12.4. The Bertz CT molecular complexity index is 224. The molecule has 0 aliphatic heterocycles. The monoisotopic (exact) mass is 186 g/mol. The first-order chi connectivity index (χ1) is 6.13. The van der Waals surface area contributed by atoms with Crippen molar-refractivity contribution in [3.05, 3.63) is 35.4 Å². The zero-order chi connectivity index (χ0) is 10.3. The van der Waals surface area contributed by atoms with E-state index >= 15 is 0 Å². The number of rotatable bonds is 1. The van der Waals surface area contributed by atoms with E-state index in [2.05, 4.69) is 13.8 Å². The van der Waals surface area contributed by atoms with E-state index in [1.54, 1.807) is 0 Å². The lowest BCUT2D eigenvalue weighted by atomic mass is 10.2. The Labute approximate surface area is 78.6 Å². The van der Waals surface area contributed by atoms with Gasteiger partial charge in [-0.25, -0.2) is 8.78 Å². The van der Waals surface area contributed by atoms with Crippen molar-refractivity contribution in [3.8, 4) is 0 Å². The lowest BCUT2D eigenvalue weighted by Crippen LogP contribution is -1.84. The highest BCUT2D eigenvalue weighted by Crippen LogP contribution is 2.07. The molecule has 0 fully saturated rings. The molecule has 0 aromatic heterocycles. The maximum absolute atomic E-state index is 12.4. The Hall–Kier alpha value is -0.920. The molecular formula is C11H16F2. The van der Waals surface area contributed by atoms with Crippen LogP contribution in [0.1, 0.15) is 32.8 Å². The van der Waals surface area contributed by atoms with Gasteiger partial charge in [0.05, 0.1) is 0 Å². The molecule has 13 heavy (non-hydrogen) atoms. The Morgan fingerprint density at radius 3 is 1.62 bits per heavy atom. The number of benzene rings is 1. The van der Waals surface area contributed by atoms with Gasteiger partial charge in [-0.3, -0.25) is 0 Å². The first-order valence-electron chi connectivity index (χ1n) is 4.58. The molecule has 0 radical (unpaired) electrons. The Morgan fingerprint density at radius 2 is 1.31 bits per heavy atom. The van der Waals surface area contributed by atoms with E-state index in [1.807, 2.05) is 6.92 Å². The molecule has 0 atom stereocenters. The van der Waals surface area contributed by atoms with Crippen molar-refractivity contribution < 1.29 is 8.78 Å². The maximum Gasteiger partial charge on any atom is 0.126 e. The summed E-state index contributed by atoms with van der Waals surface area (Å²) in [4.78, 5) is 0. The smallest absolute Gasteiger partial charge is 0.126 e. The van der Waals surface area contributed by atoms with Crippen LogP contribution in [0.3, 0.4) is 0 Å². The van der Waals surface area contributed by atoms with Crippen molar-refractivity contribution in [2.45, 2.75) is 33.6 Å². The van der Waals surface area contributed by atoms with Gasteiger partial charge in [-0.1, -0.05) is 27.2 Å². The van der Waals surface area contributed by atoms with Crippen LogP contribution >= 0.6 is 0 Å². The first-order valence-corrected chi connectivity index (χ1v) is 4.58. The van der Waals surface area contributed by atoms with Gasteiger partial charge in [-0.2, -0.15) is 0 Å². The summed E-state index contributed by atoms with van der Waals surface area (Å²) < 4.78 is 24.8. The summed E-state index contributed by atoms with van der Waals surface area (Å²) in [6.07, 6.45) is 1.91. The van der Waals surface area contributed by atoms with Crippen LogP contribution in [0.15, 0.2) is 18.2 Å². The van der Waals surface area contributed by atoms with E-state index in [0.717, 1.165) is 6.07 Å². The standard InChI is InChI=1S/C8H8F2.C3H8/c1-2-6-3-7(9)5-8(10)4-6;1-3-2/h3-5H,2H2,1H3;3H2,1-2H3. The highest BCUT2D eigenvalue weighted by molar-refractivity contribution is 5.17. The summed E-state index contributed by atoms with van der Waals surface area (Å²) in [6.45, 7) is 6.11. The van der Waals surface area contributed by atoms with Gasteiger partial charge < -0.3 is 0 Å². The van der Waals surface area contributed by atoms with E-state index in [9.17, 15) is 8.78 Å². The minimum atomic E-state index is -0.503. The van der Waals surface area contributed by atoms with Gasteiger partial charge in [0.1, 0.15) is 11.6 Å². The van der Waals surface area contributed by atoms with Crippen molar-refractivity contribution in [2.75, 3.05) is 0 Å². The highest BCUT2D eigenvalue weighted by atomic mass is 19.1. The fourth-order valence-corrected chi connectivity index (χ4v) is 0.815. The molecule has 0 saturated carbocycles. The molecule has 0 unspecified atom stereocenters. The molecule has 0 bridgehead atoms. The van der Waals surface area contributed by atoms with E-state index in [0.29, 0.717) is 12.0 Å². The molecule has 0 aliphatic rings. The average Bonchev–Trinajstić information content (AvgIpc) is 2.04. The van der Waals surface area contributed by atoms with Crippen LogP contribution in [0.4, 0.5) is 8.78 Å². The van der Waals surface area contributed by atoms with Crippen LogP contribution in [0.25, 0.3) is 0 Å². The molecule has 1 aromatic rings. The first kappa shape index (κ1) is 12.1. The molecule has 0 spiro atoms. The Morgan fingerprint density at radius 1 is 0.923 bits per heavy atom. The van der Waals surface area contributed by atoms with Gasteiger partial charge in [-0.05, 0) is 24.1 Å². The third-order valence-corrected chi connectivity index (χ3v) is 1.33. The number of hydrogen-bond acceptors (Lipinski definition) is 0. The third-order valence-electron chi connectivity index (χ3n) is 1.33. The Kier molecular flexibility index (Phi) is 6.11. The third kappa shape index (κ3) is 5.34. The summed E-state index contributed by atoms with van der Waals surface area (Å²) in [7, 11) is 0. The van der Waals surface area contributed by atoms with Gasteiger partial charge in [0.25, 0.3) is 0 Å². The van der Waals surface area contributed by atoms with E-state index in [-0.39, 0.29) is 0 Å². The molecule has 0 amide bonds. The van der Waals surface area contributed by atoms with Crippen molar-refractivity contribution >= 4 is 0 Å². The number of halogens is 2. The summed E-state index contributed by atoms with van der Waals surface area (Å²) in [5, 5.41) is 0. The zero-order valence-corrected chi connectivity index (χ0v) is 8.40. The lowest BCUT2D eigenvalue weighted by molar-refractivity contribution is 0.580. The molecular weight excluding hydrogens is 170 g/mol. The van der Waals surface area contributed by atoms with Gasteiger partial charge >= 0.3 is 0 Å². The molecule has 0 heterocycles. The zero-order valence-electron chi connectivity index (χ0n) is 8.40. The van der Waals surface area contributed by atoms with Gasteiger partial charge in [-0.15, -0.1) is 0 Å². The minimum Gasteiger partial charge on any atom is -0.207 e. The lowest BCUT2D eigenvalue weighted by Gasteiger charge is -1.95. The molecule has 0 saturated heterocycles. The van der Waals surface area contributed by atoms with Gasteiger partial charge in [0.15, 0.2) is 0 Å². The van der Waals surface area contributed by atoms with Crippen molar-refractivity contribution in [2.24, 2.45) is 0 Å². The second kappa shape index (κ2) is 6.58. The van der Waals surface area contributed by atoms with Gasteiger partial charge in [0.2, 0.25) is 0 Å². The normalized spacial score (nSPS) is 9.00. The van der Waals surface area contributed by atoms with Crippen molar-refractivity contribution in [3.63, 3.8) is 0 Å². The minimum absolute atomic E-state index is 0.503. The largest absolute Gasteiger partial charge is 0.207 e. The molecule has 1 aromatic carbocycles. The van der Waals surface area contributed by atoms with E-state index in [4.69, 9.17) is 0 Å². The Balaban J connectivity index is 0.000000424. The fraction of sp³-hybridized carbons (Fsp3) is 0.455. The predicted molar refractivity (Wildman–Crippen MR) is 51.7 cm³/mol. The van der Waals surface area contributed by atoms with Crippen LogP contribution in [0, 0.1) is 11.6 Å². The average molecular weight is 186 g/mol. The molecule has 2 heteroatoms. The van der Waals surface area contributed by atoms with Crippen LogP contribution in [-0.4, -0.2) is 0 Å². The van der Waals surface area contributed by atoms with Gasteiger partial charge in [0, 0.05) is 6.07 Å². The summed E-state index contributed by atoms with van der Waals surface area (Å²) in [6, 6.07) is 3.55. The molecule has 0 aliphatic carbocycles.